The first-order chi connectivity index (χ1) is 14.7. The van der Waals surface area contributed by atoms with Gasteiger partial charge in [0.05, 0.1) is 28.6 Å². The Kier molecular flexibility index (Phi) is 5.52. The van der Waals surface area contributed by atoms with Crippen LogP contribution in [0, 0.1) is 0 Å². The van der Waals surface area contributed by atoms with Gasteiger partial charge in [-0.3, -0.25) is 9.59 Å². The highest BCUT2D eigenvalue weighted by Crippen LogP contribution is 2.32. The molecule has 0 bridgehead atoms. The number of carbonyl (C=O) groups excluding carboxylic acids is 2. The lowest BCUT2D eigenvalue weighted by atomic mass is 10.1. The maximum absolute atomic E-state index is 12.6. The quantitative estimate of drug-likeness (QED) is 0.555. The van der Waals surface area contributed by atoms with Gasteiger partial charge in [0.15, 0.2) is 16.3 Å². The average Bonchev–Trinajstić information content (AvgIpc) is 3.31. The van der Waals surface area contributed by atoms with E-state index in [0.717, 1.165) is 11.3 Å². The molecule has 162 valence electrons. The first kappa shape index (κ1) is 21.0. The Labute approximate surface area is 180 Å². The van der Waals surface area contributed by atoms with E-state index in [9.17, 15) is 18.0 Å². The van der Waals surface area contributed by atoms with Gasteiger partial charge in [0, 0.05) is 0 Å². The fraction of sp³-hybridized carbons (Fsp3) is 0.211. The van der Waals surface area contributed by atoms with Gasteiger partial charge in [-0.2, -0.15) is 4.99 Å². The Morgan fingerprint density at radius 3 is 2.71 bits per heavy atom. The van der Waals surface area contributed by atoms with E-state index in [2.05, 4.69) is 4.99 Å². The number of benzene rings is 2. The van der Waals surface area contributed by atoms with Crippen molar-refractivity contribution in [3.8, 4) is 11.5 Å². The summed E-state index contributed by atoms with van der Waals surface area (Å²) in [6.07, 6.45) is 0.00549. The largest absolute Gasteiger partial charge is 0.468 e. The zero-order valence-electron chi connectivity index (χ0n) is 16.2. The number of hydrogen-bond donors (Lipinski definition) is 1. The Hall–Kier alpha value is -3.22. The van der Waals surface area contributed by atoms with Gasteiger partial charge < -0.3 is 18.8 Å². The lowest BCUT2D eigenvalue weighted by Gasteiger charge is -2.04. The normalized spacial score (nSPS) is 13.5. The van der Waals surface area contributed by atoms with Crippen LogP contribution in [0.5, 0.6) is 11.5 Å². The SMILES string of the molecule is COC(=O)Cn1c(=NC(=O)Cc2ccc3c(c2)OCO3)sc2cc(S(N)(=O)=O)ccc21. The van der Waals surface area contributed by atoms with Gasteiger partial charge in [-0.15, -0.1) is 0 Å². The van der Waals surface area contributed by atoms with E-state index in [0.29, 0.717) is 27.3 Å². The highest BCUT2D eigenvalue weighted by atomic mass is 32.2. The number of carbonyl (C=O) groups is 2. The maximum Gasteiger partial charge on any atom is 0.325 e. The summed E-state index contributed by atoms with van der Waals surface area (Å²) in [6, 6.07) is 9.39. The number of primary sulfonamides is 1. The number of nitrogens with two attached hydrogens (primary N) is 1. The van der Waals surface area contributed by atoms with Crippen LogP contribution in [0.25, 0.3) is 10.2 Å². The van der Waals surface area contributed by atoms with Crippen molar-refractivity contribution < 1.29 is 32.2 Å². The van der Waals surface area contributed by atoms with Crippen molar-refractivity contribution in [3.63, 3.8) is 0 Å². The fourth-order valence-corrected chi connectivity index (χ4v) is 4.73. The van der Waals surface area contributed by atoms with Crippen LogP contribution < -0.4 is 19.4 Å². The second-order valence-electron chi connectivity index (χ2n) is 6.59. The van der Waals surface area contributed by atoms with E-state index in [4.69, 9.17) is 19.3 Å². The number of ether oxygens (including phenoxy) is 3. The summed E-state index contributed by atoms with van der Waals surface area (Å²) >= 11 is 1.07. The molecule has 1 amide bonds. The molecular formula is C19H17N3O7S2. The van der Waals surface area contributed by atoms with Crippen molar-refractivity contribution in [1.29, 1.82) is 0 Å². The summed E-state index contributed by atoms with van der Waals surface area (Å²) in [5, 5.41) is 5.20. The Morgan fingerprint density at radius 1 is 1.19 bits per heavy atom. The summed E-state index contributed by atoms with van der Waals surface area (Å²) < 4.78 is 40.6. The zero-order chi connectivity index (χ0) is 22.2. The number of hydrogen-bond acceptors (Lipinski definition) is 8. The molecule has 0 saturated heterocycles. The number of rotatable bonds is 5. The van der Waals surface area contributed by atoms with Gasteiger partial charge in [-0.25, -0.2) is 13.6 Å². The molecule has 2 heterocycles. The van der Waals surface area contributed by atoms with Gasteiger partial charge >= 0.3 is 5.97 Å². The third kappa shape index (κ3) is 4.45. The van der Waals surface area contributed by atoms with Gasteiger partial charge in [0.25, 0.3) is 5.91 Å². The van der Waals surface area contributed by atoms with Crippen LogP contribution in [-0.4, -0.2) is 38.8 Å². The van der Waals surface area contributed by atoms with E-state index in [1.807, 2.05) is 0 Å². The molecule has 1 aromatic heterocycles. The lowest BCUT2D eigenvalue weighted by molar-refractivity contribution is -0.141. The van der Waals surface area contributed by atoms with Crippen LogP contribution in [0.4, 0.5) is 0 Å². The minimum atomic E-state index is -3.91. The molecule has 0 saturated carbocycles. The minimum Gasteiger partial charge on any atom is -0.468 e. The summed E-state index contributed by atoms with van der Waals surface area (Å²) in [5.41, 5.74) is 1.22. The third-order valence-electron chi connectivity index (χ3n) is 4.51. The van der Waals surface area contributed by atoms with Crippen LogP contribution >= 0.6 is 11.3 Å². The van der Waals surface area contributed by atoms with Crippen molar-refractivity contribution in [3.05, 3.63) is 46.8 Å². The van der Waals surface area contributed by atoms with Crippen LogP contribution in [0.3, 0.4) is 0 Å². The molecule has 0 radical (unpaired) electrons. The number of amides is 1. The van der Waals surface area contributed by atoms with E-state index < -0.39 is 21.9 Å². The average molecular weight is 463 g/mol. The van der Waals surface area contributed by atoms with E-state index in [1.54, 1.807) is 18.2 Å². The first-order valence-corrected chi connectivity index (χ1v) is 11.3. The maximum atomic E-state index is 12.6. The lowest BCUT2D eigenvalue weighted by Crippen LogP contribution is -2.22. The molecule has 1 aliphatic rings. The number of sulfonamides is 1. The summed E-state index contributed by atoms with van der Waals surface area (Å²) in [5.74, 6) is 0.179. The molecule has 12 heteroatoms. The van der Waals surface area contributed by atoms with Crippen LogP contribution in [0.15, 0.2) is 46.3 Å². The van der Waals surface area contributed by atoms with Crippen molar-refractivity contribution in [2.45, 2.75) is 17.9 Å². The van der Waals surface area contributed by atoms with Crippen molar-refractivity contribution >= 4 is 43.5 Å². The molecule has 31 heavy (non-hydrogen) atoms. The monoisotopic (exact) mass is 463 g/mol. The van der Waals surface area contributed by atoms with E-state index in [1.165, 1.54) is 29.9 Å². The molecule has 3 aromatic rings. The molecule has 4 rings (SSSR count). The fourth-order valence-electron chi connectivity index (χ4n) is 3.03. The number of nitrogens with zero attached hydrogens (tertiary/aromatic N) is 2. The molecule has 0 aliphatic carbocycles. The Bertz CT molecular complexity index is 1370. The molecular weight excluding hydrogens is 446 g/mol. The molecule has 2 N–H and O–H groups in total. The smallest absolute Gasteiger partial charge is 0.325 e. The first-order valence-electron chi connectivity index (χ1n) is 8.94. The van der Waals surface area contributed by atoms with E-state index >= 15 is 0 Å². The van der Waals surface area contributed by atoms with Crippen molar-refractivity contribution in [2.24, 2.45) is 10.1 Å². The van der Waals surface area contributed by atoms with Crippen LogP contribution in [0.1, 0.15) is 5.56 Å². The zero-order valence-corrected chi connectivity index (χ0v) is 17.9. The second-order valence-corrected chi connectivity index (χ2v) is 9.16. The van der Waals surface area contributed by atoms with Crippen molar-refractivity contribution in [2.75, 3.05) is 13.9 Å². The highest BCUT2D eigenvalue weighted by Gasteiger charge is 2.17. The summed E-state index contributed by atoms with van der Waals surface area (Å²) in [6.45, 7) is -0.0612. The Balaban J connectivity index is 1.73. The standard InChI is InChI=1S/C19H17N3O7S2/c1-27-18(24)9-22-13-4-3-12(31(20,25)26)8-16(13)30-19(22)21-17(23)7-11-2-5-14-15(6-11)29-10-28-14/h2-6,8H,7,9-10H2,1H3,(H2,20,25,26). The summed E-state index contributed by atoms with van der Waals surface area (Å²) in [7, 11) is -2.66. The second kappa shape index (κ2) is 8.13. The highest BCUT2D eigenvalue weighted by molar-refractivity contribution is 7.89. The molecule has 1 aliphatic heterocycles. The van der Waals surface area contributed by atoms with Crippen LogP contribution in [-0.2, 0) is 37.3 Å². The van der Waals surface area contributed by atoms with Crippen LogP contribution in [0.2, 0.25) is 0 Å². The minimum absolute atomic E-state index is 0.00549. The summed E-state index contributed by atoms with van der Waals surface area (Å²) in [4.78, 5) is 28.8. The molecule has 0 atom stereocenters. The van der Waals surface area contributed by atoms with E-state index in [-0.39, 0.29) is 29.5 Å². The Morgan fingerprint density at radius 2 is 1.97 bits per heavy atom. The van der Waals surface area contributed by atoms with Gasteiger partial charge in [-0.1, -0.05) is 17.4 Å². The molecule has 0 spiro atoms. The van der Waals surface area contributed by atoms with Gasteiger partial charge in [0.1, 0.15) is 6.54 Å². The number of fused-ring (bicyclic) bond motifs is 2. The predicted molar refractivity (Wildman–Crippen MR) is 110 cm³/mol. The van der Waals surface area contributed by atoms with Gasteiger partial charge in [-0.05, 0) is 35.9 Å². The van der Waals surface area contributed by atoms with Crippen molar-refractivity contribution in [1.82, 2.24) is 4.57 Å². The number of esters is 1. The number of aromatic nitrogens is 1. The molecule has 0 unspecified atom stereocenters. The number of thiazole rings is 1. The number of methoxy groups -OCH3 is 1. The molecule has 0 fully saturated rings. The topological polar surface area (TPSA) is 139 Å². The van der Waals surface area contributed by atoms with Gasteiger partial charge in [0.2, 0.25) is 16.8 Å². The predicted octanol–water partition coefficient (Wildman–Crippen LogP) is 0.922. The molecule has 2 aromatic carbocycles. The third-order valence-corrected chi connectivity index (χ3v) is 6.46. The molecule has 10 nitrogen and oxygen atoms in total.